The quantitative estimate of drug-likeness (QED) is 0.835. The molecule has 0 heterocycles. The fourth-order valence-corrected chi connectivity index (χ4v) is 1.82. The molecule has 0 spiro atoms. The number of amides is 1. The summed E-state index contributed by atoms with van der Waals surface area (Å²) in [5.41, 5.74) is 0.652. The van der Waals surface area contributed by atoms with Gasteiger partial charge in [-0.2, -0.15) is 0 Å². The van der Waals surface area contributed by atoms with Crippen LogP contribution in [0.5, 0.6) is 0 Å². The first-order valence-electron chi connectivity index (χ1n) is 5.65. The number of aryl methyl sites for hydroxylation is 1. The highest BCUT2D eigenvalue weighted by molar-refractivity contribution is 5.94. The normalized spacial score (nSPS) is 16.9. The summed E-state index contributed by atoms with van der Waals surface area (Å²) in [4.78, 5) is 11.8. The zero-order chi connectivity index (χ0) is 11.7. The maximum absolute atomic E-state index is 13.7. The van der Waals surface area contributed by atoms with Gasteiger partial charge in [0.25, 0.3) is 5.91 Å². The molecule has 0 saturated heterocycles. The average Bonchev–Trinajstić information content (AvgIpc) is 3.05. The number of carbonyl (C=O) groups excluding carboxylic acids is 1. The van der Waals surface area contributed by atoms with Crippen molar-refractivity contribution in [2.75, 3.05) is 0 Å². The molecule has 86 valence electrons. The Bertz CT molecular complexity index is 412. The lowest BCUT2D eigenvalue weighted by atomic mass is 10.1. The van der Waals surface area contributed by atoms with Crippen LogP contribution in [-0.2, 0) is 0 Å². The number of nitrogens with one attached hydrogen (secondary N) is 1. The van der Waals surface area contributed by atoms with Gasteiger partial charge in [-0.3, -0.25) is 4.79 Å². The van der Waals surface area contributed by atoms with Crippen molar-refractivity contribution in [2.45, 2.75) is 32.7 Å². The van der Waals surface area contributed by atoms with Gasteiger partial charge in [0.05, 0.1) is 5.56 Å². The smallest absolute Gasteiger partial charge is 0.254 e. The molecular weight excluding hydrogens is 205 g/mol. The average molecular weight is 221 g/mol. The molecule has 1 saturated carbocycles. The zero-order valence-corrected chi connectivity index (χ0v) is 9.59. The molecule has 0 aromatic heterocycles. The number of rotatable bonds is 3. The van der Waals surface area contributed by atoms with E-state index in [1.165, 1.54) is 6.07 Å². The van der Waals surface area contributed by atoms with Gasteiger partial charge in [0, 0.05) is 6.04 Å². The first kappa shape index (κ1) is 11.1. The Morgan fingerprint density at radius 2 is 2.19 bits per heavy atom. The van der Waals surface area contributed by atoms with Crippen LogP contribution in [0, 0.1) is 18.7 Å². The summed E-state index contributed by atoms with van der Waals surface area (Å²) >= 11 is 0. The molecule has 1 amide bonds. The minimum Gasteiger partial charge on any atom is -0.349 e. The number of hydrogen-bond acceptors (Lipinski definition) is 1. The molecule has 1 fully saturated rings. The van der Waals surface area contributed by atoms with Crippen LogP contribution in [0.25, 0.3) is 0 Å². The molecule has 1 aliphatic carbocycles. The Labute approximate surface area is 94.9 Å². The Morgan fingerprint density at radius 1 is 1.50 bits per heavy atom. The minimum absolute atomic E-state index is 0.146. The third-order valence-electron chi connectivity index (χ3n) is 3.12. The van der Waals surface area contributed by atoms with Crippen LogP contribution < -0.4 is 5.32 Å². The molecule has 0 radical (unpaired) electrons. The lowest BCUT2D eigenvalue weighted by Crippen LogP contribution is -2.34. The Hall–Kier alpha value is -1.38. The molecule has 1 unspecified atom stereocenters. The molecule has 0 bridgehead atoms. The maximum atomic E-state index is 13.7. The van der Waals surface area contributed by atoms with Gasteiger partial charge in [-0.05, 0) is 44.2 Å². The summed E-state index contributed by atoms with van der Waals surface area (Å²) in [5.74, 6) is -0.139. The van der Waals surface area contributed by atoms with Gasteiger partial charge in [-0.25, -0.2) is 4.39 Å². The van der Waals surface area contributed by atoms with Crippen molar-refractivity contribution in [3.05, 3.63) is 35.1 Å². The maximum Gasteiger partial charge on any atom is 0.254 e. The predicted molar refractivity (Wildman–Crippen MR) is 60.8 cm³/mol. The van der Waals surface area contributed by atoms with Crippen LogP contribution in [0.15, 0.2) is 18.2 Å². The van der Waals surface area contributed by atoms with E-state index in [2.05, 4.69) is 5.32 Å². The Morgan fingerprint density at radius 3 is 2.81 bits per heavy atom. The summed E-state index contributed by atoms with van der Waals surface area (Å²) in [6.45, 7) is 3.64. The van der Waals surface area contributed by atoms with Gasteiger partial charge < -0.3 is 5.32 Å². The summed E-state index contributed by atoms with van der Waals surface area (Å²) in [6, 6.07) is 5.04. The SMILES string of the molecule is Cc1cccc(C(=O)NC(C)C2CC2)c1F. The highest BCUT2D eigenvalue weighted by Crippen LogP contribution is 2.32. The van der Waals surface area contributed by atoms with Crippen LogP contribution in [0.3, 0.4) is 0 Å². The second-order valence-electron chi connectivity index (χ2n) is 4.54. The van der Waals surface area contributed by atoms with Crippen molar-refractivity contribution in [2.24, 2.45) is 5.92 Å². The molecule has 3 heteroatoms. The minimum atomic E-state index is -0.414. The third-order valence-corrected chi connectivity index (χ3v) is 3.12. The van der Waals surface area contributed by atoms with E-state index in [9.17, 15) is 9.18 Å². The van der Waals surface area contributed by atoms with Crippen molar-refractivity contribution in [3.63, 3.8) is 0 Å². The summed E-state index contributed by atoms with van der Waals surface area (Å²) in [6.07, 6.45) is 2.33. The molecule has 1 N–H and O–H groups in total. The second-order valence-corrected chi connectivity index (χ2v) is 4.54. The molecule has 1 aromatic carbocycles. The number of benzene rings is 1. The number of carbonyl (C=O) groups is 1. The van der Waals surface area contributed by atoms with Gasteiger partial charge in [-0.1, -0.05) is 12.1 Å². The summed E-state index contributed by atoms with van der Waals surface area (Å²) in [5, 5.41) is 2.85. The van der Waals surface area contributed by atoms with Gasteiger partial charge in [0.1, 0.15) is 5.82 Å². The van der Waals surface area contributed by atoms with E-state index in [1.54, 1.807) is 19.1 Å². The first-order chi connectivity index (χ1) is 7.59. The van der Waals surface area contributed by atoms with Gasteiger partial charge in [0.2, 0.25) is 0 Å². The highest BCUT2D eigenvalue weighted by Gasteiger charge is 2.29. The van der Waals surface area contributed by atoms with E-state index < -0.39 is 5.82 Å². The van der Waals surface area contributed by atoms with Crippen LogP contribution in [0.2, 0.25) is 0 Å². The fourth-order valence-electron chi connectivity index (χ4n) is 1.82. The van der Waals surface area contributed by atoms with Crippen molar-refractivity contribution in [1.82, 2.24) is 5.32 Å². The van der Waals surface area contributed by atoms with E-state index >= 15 is 0 Å². The third kappa shape index (κ3) is 2.23. The van der Waals surface area contributed by atoms with E-state index in [1.807, 2.05) is 6.92 Å². The summed E-state index contributed by atoms with van der Waals surface area (Å²) < 4.78 is 13.7. The molecule has 2 rings (SSSR count). The van der Waals surface area contributed by atoms with Crippen molar-refractivity contribution >= 4 is 5.91 Å². The lowest BCUT2D eigenvalue weighted by Gasteiger charge is -2.13. The number of hydrogen-bond donors (Lipinski definition) is 1. The lowest BCUT2D eigenvalue weighted by molar-refractivity contribution is 0.0931. The monoisotopic (exact) mass is 221 g/mol. The van der Waals surface area contributed by atoms with Crippen LogP contribution in [0.1, 0.15) is 35.7 Å². The second kappa shape index (κ2) is 4.24. The molecule has 2 nitrogen and oxygen atoms in total. The summed E-state index contributed by atoms with van der Waals surface area (Å²) in [7, 11) is 0. The van der Waals surface area contributed by atoms with Crippen molar-refractivity contribution in [3.8, 4) is 0 Å². The molecule has 1 atom stereocenters. The zero-order valence-electron chi connectivity index (χ0n) is 9.59. The van der Waals surface area contributed by atoms with Crippen LogP contribution in [-0.4, -0.2) is 11.9 Å². The van der Waals surface area contributed by atoms with Crippen LogP contribution in [0.4, 0.5) is 4.39 Å². The molecular formula is C13H16FNO. The van der Waals surface area contributed by atoms with Gasteiger partial charge in [-0.15, -0.1) is 0 Å². The first-order valence-corrected chi connectivity index (χ1v) is 5.65. The molecule has 16 heavy (non-hydrogen) atoms. The molecule has 0 aliphatic heterocycles. The van der Waals surface area contributed by atoms with Crippen molar-refractivity contribution in [1.29, 1.82) is 0 Å². The van der Waals surface area contributed by atoms with E-state index in [-0.39, 0.29) is 17.5 Å². The number of halogens is 1. The molecule has 1 aliphatic rings. The highest BCUT2D eigenvalue weighted by atomic mass is 19.1. The van der Waals surface area contributed by atoms with E-state index in [0.717, 1.165) is 12.8 Å². The Kier molecular flexibility index (Phi) is 2.95. The van der Waals surface area contributed by atoms with Gasteiger partial charge in [0.15, 0.2) is 0 Å². The van der Waals surface area contributed by atoms with Gasteiger partial charge >= 0.3 is 0 Å². The molecule has 1 aromatic rings. The topological polar surface area (TPSA) is 29.1 Å². The van der Waals surface area contributed by atoms with E-state index in [4.69, 9.17) is 0 Å². The van der Waals surface area contributed by atoms with Crippen LogP contribution >= 0.6 is 0 Å². The predicted octanol–water partition coefficient (Wildman–Crippen LogP) is 2.66. The largest absolute Gasteiger partial charge is 0.349 e. The van der Waals surface area contributed by atoms with Crippen molar-refractivity contribution < 1.29 is 9.18 Å². The fraction of sp³-hybridized carbons (Fsp3) is 0.462. The Balaban J connectivity index is 2.10. The standard InChI is InChI=1S/C13H16FNO/c1-8-4-3-5-11(12(8)14)13(16)15-9(2)10-6-7-10/h3-5,9-10H,6-7H2,1-2H3,(H,15,16). The van der Waals surface area contributed by atoms with E-state index in [0.29, 0.717) is 11.5 Å².